The van der Waals surface area contributed by atoms with Crippen LogP contribution in [0.15, 0.2) is 66.0 Å². The highest BCUT2D eigenvalue weighted by Crippen LogP contribution is 2.31. The van der Waals surface area contributed by atoms with Crippen molar-refractivity contribution in [3.8, 4) is 11.3 Å². The van der Waals surface area contributed by atoms with E-state index in [1.54, 1.807) is 49.5 Å². The normalized spacial score (nSPS) is 18.0. The number of hydrogen-bond acceptors (Lipinski definition) is 5. The van der Waals surface area contributed by atoms with Gasteiger partial charge in [-0.15, -0.1) is 0 Å². The lowest BCUT2D eigenvalue weighted by atomic mass is 9.87. The molecule has 1 aliphatic rings. The van der Waals surface area contributed by atoms with E-state index < -0.39 is 23.4 Å². The second-order valence-electron chi connectivity index (χ2n) is 7.13. The van der Waals surface area contributed by atoms with Crippen LogP contribution in [0.1, 0.15) is 18.9 Å². The SMILES string of the molecule is CCC1(c2ccccc2)NC(=O)N(NC(=O)CSc2ncc(-c3ccc(F)cc3)[nH]2)C1=O. The lowest BCUT2D eigenvalue weighted by molar-refractivity contribution is -0.138. The number of H-pyrrole nitrogens is 1. The quantitative estimate of drug-likeness (QED) is 0.376. The number of imide groups is 1. The topological polar surface area (TPSA) is 107 Å². The van der Waals surface area contributed by atoms with Crippen molar-refractivity contribution in [1.82, 2.24) is 25.7 Å². The first-order valence-electron chi connectivity index (χ1n) is 9.88. The highest BCUT2D eigenvalue weighted by atomic mass is 32.2. The van der Waals surface area contributed by atoms with Crippen molar-refractivity contribution in [3.63, 3.8) is 0 Å². The van der Waals surface area contributed by atoms with Gasteiger partial charge in [0.05, 0.1) is 17.6 Å². The van der Waals surface area contributed by atoms with Gasteiger partial charge in [0.25, 0.3) is 5.91 Å². The van der Waals surface area contributed by atoms with Gasteiger partial charge in [-0.3, -0.25) is 15.0 Å². The number of imidazole rings is 1. The van der Waals surface area contributed by atoms with Gasteiger partial charge in [0.2, 0.25) is 5.91 Å². The summed E-state index contributed by atoms with van der Waals surface area (Å²) < 4.78 is 13.1. The van der Waals surface area contributed by atoms with Crippen molar-refractivity contribution in [1.29, 1.82) is 0 Å². The minimum Gasteiger partial charge on any atom is -0.333 e. The Bertz CT molecular complexity index is 1150. The zero-order valence-electron chi connectivity index (χ0n) is 17.1. The zero-order valence-corrected chi connectivity index (χ0v) is 17.9. The summed E-state index contributed by atoms with van der Waals surface area (Å²) in [5.41, 5.74) is 3.25. The number of amides is 4. The van der Waals surface area contributed by atoms with E-state index >= 15 is 0 Å². The molecule has 0 aliphatic carbocycles. The van der Waals surface area contributed by atoms with Gasteiger partial charge in [0.1, 0.15) is 11.4 Å². The maximum absolute atomic E-state index is 13.1. The zero-order chi connectivity index (χ0) is 22.7. The van der Waals surface area contributed by atoms with Gasteiger partial charge in [-0.25, -0.2) is 14.2 Å². The number of rotatable bonds is 7. The standard InChI is InChI=1S/C22H20FN5O3S/c1-2-22(15-6-4-3-5-7-15)19(30)28(21(31)26-22)27-18(29)13-32-20-24-12-17(25-20)14-8-10-16(23)11-9-14/h3-12H,2,13H2,1H3,(H,24,25)(H,26,31)(H,27,29). The molecule has 0 spiro atoms. The Hall–Kier alpha value is -3.66. The van der Waals surface area contributed by atoms with E-state index in [0.29, 0.717) is 22.8 Å². The maximum Gasteiger partial charge on any atom is 0.344 e. The molecule has 1 unspecified atom stereocenters. The summed E-state index contributed by atoms with van der Waals surface area (Å²) in [6.45, 7) is 1.79. The molecule has 0 bridgehead atoms. The number of nitrogens with one attached hydrogen (secondary N) is 3. The Morgan fingerprint density at radius 2 is 1.88 bits per heavy atom. The van der Waals surface area contributed by atoms with Crippen LogP contribution in [0.25, 0.3) is 11.3 Å². The number of hydrogen-bond donors (Lipinski definition) is 3. The van der Waals surface area contributed by atoms with Gasteiger partial charge in [-0.05, 0) is 41.8 Å². The Kier molecular flexibility index (Phi) is 5.95. The van der Waals surface area contributed by atoms with Gasteiger partial charge in [0, 0.05) is 0 Å². The molecule has 10 heteroatoms. The van der Waals surface area contributed by atoms with E-state index in [4.69, 9.17) is 0 Å². The maximum atomic E-state index is 13.1. The van der Waals surface area contributed by atoms with Crippen LogP contribution in [0.2, 0.25) is 0 Å². The Labute approximate surface area is 187 Å². The van der Waals surface area contributed by atoms with Gasteiger partial charge in [0.15, 0.2) is 5.16 Å². The van der Waals surface area contributed by atoms with Crippen LogP contribution in [-0.2, 0) is 15.1 Å². The molecule has 1 fully saturated rings. The van der Waals surface area contributed by atoms with E-state index in [-0.39, 0.29) is 11.6 Å². The highest BCUT2D eigenvalue weighted by molar-refractivity contribution is 7.99. The number of hydrazine groups is 1. The summed E-state index contributed by atoms with van der Waals surface area (Å²) in [5, 5.41) is 3.91. The predicted octanol–water partition coefficient (Wildman–Crippen LogP) is 3.20. The lowest BCUT2D eigenvalue weighted by Crippen LogP contribution is -2.49. The lowest BCUT2D eigenvalue weighted by Gasteiger charge is -2.25. The Morgan fingerprint density at radius 3 is 2.56 bits per heavy atom. The summed E-state index contributed by atoms with van der Waals surface area (Å²) in [5.74, 6) is -1.47. The van der Waals surface area contributed by atoms with Crippen molar-refractivity contribution >= 4 is 29.6 Å². The fraction of sp³-hybridized carbons (Fsp3) is 0.182. The van der Waals surface area contributed by atoms with Crippen molar-refractivity contribution in [2.24, 2.45) is 0 Å². The monoisotopic (exact) mass is 453 g/mol. The number of benzene rings is 2. The van der Waals surface area contributed by atoms with Crippen molar-refractivity contribution in [2.45, 2.75) is 24.0 Å². The molecule has 3 N–H and O–H groups in total. The van der Waals surface area contributed by atoms with Crippen LogP contribution >= 0.6 is 11.8 Å². The number of carbonyl (C=O) groups is 3. The molecule has 2 aromatic carbocycles. The van der Waals surface area contributed by atoms with Gasteiger partial charge in [-0.2, -0.15) is 5.01 Å². The minimum absolute atomic E-state index is 0.0715. The average Bonchev–Trinajstić information content (AvgIpc) is 3.38. The molecule has 0 radical (unpaired) electrons. The Balaban J connectivity index is 1.39. The predicted molar refractivity (Wildman–Crippen MR) is 117 cm³/mol. The molecule has 2 heterocycles. The molecule has 4 rings (SSSR count). The van der Waals surface area contributed by atoms with Crippen molar-refractivity contribution < 1.29 is 18.8 Å². The fourth-order valence-corrected chi connectivity index (χ4v) is 4.12. The van der Waals surface area contributed by atoms with Gasteiger partial charge >= 0.3 is 6.03 Å². The third-order valence-corrected chi connectivity index (χ3v) is 6.06. The molecule has 8 nitrogen and oxygen atoms in total. The molecule has 1 atom stereocenters. The minimum atomic E-state index is -1.22. The molecule has 1 aliphatic heterocycles. The van der Waals surface area contributed by atoms with Crippen LogP contribution < -0.4 is 10.7 Å². The molecular weight excluding hydrogens is 433 g/mol. The van der Waals surface area contributed by atoms with Gasteiger partial charge in [-0.1, -0.05) is 49.0 Å². The first-order chi connectivity index (χ1) is 15.4. The number of urea groups is 1. The third-order valence-electron chi connectivity index (χ3n) is 5.17. The number of thioether (sulfide) groups is 1. The molecule has 1 aromatic heterocycles. The second kappa shape index (κ2) is 8.83. The van der Waals surface area contributed by atoms with E-state index in [1.165, 1.54) is 12.1 Å². The molecular formula is C22H20FN5O3S. The summed E-state index contributed by atoms with van der Waals surface area (Å²) in [7, 11) is 0. The molecule has 1 saturated heterocycles. The van der Waals surface area contributed by atoms with E-state index in [2.05, 4.69) is 20.7 Å². The summed E-state index contributed by atoms with van der Waals surface area (Å²) in [4.78, 5) is 45.2. The Morgan fingerprint density at radius 1 is 1.16 bits per heavy atom. The number of nitrogens with zero attached hydrogens (tertiary/aromatic N) is 2. The van der Waals surface area contributed by atoms with Crippen LogP contribution in [0.3, 0.4) is 0 Å². The molecule has 164 valence electrons. The largest absolute Gasteiger partial charge is 0.344 e. The number of carbonyl (C=O) groups excluding carboxylic acids is 3. The van der Waals surface area contributed by atoms with Crippen molar-refractivity contribution in [3.05, 3.63) is 72.2 Å². The van der Waals surface area contributed by atoms with Crippen LogP contribution in [0.5, 0.6) is 0 Å². The van der Waals surface area contributed by atoms with Crippen LogP contribution in [0, 0.1) is 5.82 Å². The number of aromatic amines is 1. The highest BCUT2D eigenvalue weighted by Gasteiger charge is 2.52. The van der Waals surface area contributed by atoms with E-state index in [9.17, 15) is 18.8 Å². The van der Waals surface area contributed by atoms with Crippen molar-refractivity contribution in [2.75, 3.05) is 5.75 Å². The fourth-order valence-electron chi connectivity index (χ4n) is 3.48. The third kappa shape index (κ3) is 4.09. The first kappa shape index (κ1) is 21.6. The summed E-state index contributed by atoms with van der Waals surface area (Å²) in [6, 6.07) is 14.2. The summed E-state index contributed by atoms with van der Waals surface area (Å²) in [6.07, 6.45) is 1.92. The van der Waals surface area contributed by atoms with Gasteiger partial charge < -0.3 is 10.3 Å². The first-order valence-corrected chi connectivity index (χ1v) is 10.9. The smallest absolute Gasteiger partial charge is 0.333 e. The van der Waals surface area contributed by atoms with E-state index in [1.807, 2.05) is 6.07 Å². The average molecular weight is 453 g/mol. The number of aromatic nitrogens is 2. The molecule has 3 aromatic rings. The van der Waals surface area contributed by atoms with E-state index in [0.717, 1.165) is 22.3 Å². The summed E-state index contributed by atoms with van der Waals surface area (Å²) >= 11 is 1.11. The second-order valence-corrected chi connectivity index (χ2v) is 8.09. The van der Waals surface area contributed by atoms with Crippen LogP contribution in [0.4, 0.5) is 9.18 Å². The molecule has 4 amide bonds. The molecule has 0 saturated carbocycles. The van der Waals surface area contributed by atoms with Crippen LogP contribution in [-0.4, -0.2) is 38.6 Å². The molecule has 32 heavy (non-hydrogen) atoms. The number of halogens is 1.